The summed E-state index contributed by atoms with van der Waals surface area (Å²) in [4.78, 5) is 5.43. The molecule has 6 heterocycles. The average molecular weight is 1390 g/mol. The van der Waals surface area contributed by atoms with E-state index >= 15 is 0 Å². The summed E-state index contributed by atoms with van der Waals surface area (Å²) in [5.41, 5.74) is 36.5. The van der Waals surface area contributed by atoms with Crippen molar-refractivity contribution in [2.24, 2.45) is 0 Å². The van der Waals surface area contributed by atoms with Gasteiger partial charge in [-0.2, -0.15) is 0 Å². The van der Waals surface area contributed by atoms with Crippen molar-refractivity contribution in [3.05, 3.63) is 320 Å². The van der Waals surface area contributed by atoms with Gasteiger partial charge in [0.2, 0.25) is 0 Å². The van der Waals surface area contributed by atoms with Crippen LogP contribution in [0.3, 0.4) is 0 Å². The van der Waals surface area contributed by atoms with Crippen LogP contribution < -0.4 is 26.2 Å². The molecule has 0 unspecified atom stereocenters. The number of rotatable bonds is 4. The second-order valence-electron chi connectivity index (χ2n) is 33.2. The summed E-state index contributed by atoms with van der Waals surface area (Å²) >= 11 is 0. The fourth-order valence-corrected chi connectivity index (χ4v) is 17.7. The maximum atomic E-state index is 6.78. The van der Waals surface area contributed by atoms with Gasteiger partial charge in [0.25, 0.3) is 6.71 Å². The first-order valence-electron chi connectivity index (χ1n) is 37.9. The molecule has 18 aromatic rings. The predicted molar refractivity (Wildman–Crippen MR) is 455 cm³/mol. The van der Waals surface area contributed by atoms with Crippen LogP contribution in [-0.4, -0.2) is 6.71 Å². The van der Waals surface area contributed by atoms with Gasteiger partial charge < -0.3 is 23.1 Å². The Kier molecular flexibility index (Phi) is 13.8. The largest absolute Gasteiger partial charge is 0.456 e. The lowest BCUT2D eigenvalue weighted by Crippen LogP contribution is -2.61. The number of nitrogens with zero attached hydrogens (tertiary/aromatic N) is 2. The molecule has 0 saturated heterocycles. The van der Waals surface area contributed by atoms with E-state index in [1.165, 1.54) is 33.1 Å². The first-order chi connectivity index (χ1) is 52.4. The van der Waals surface area contributed by atoms with Crippen molar-refractivity contribution in [2.75, 3.05) is 9.80 Å². The van der Waals surface area contributed by atoms with Crippen molar-refractivity contribution in [1.82, 2.24) is 0 Å². The zero-order valence-electron chi connectivity index (χ0n) is 62.1. The third kappa shape index (κ3) is 10.1. The molecule has 15 aromatic carbocycles. The molecule has 516 valence electrons. The second-order valence-corrected chi connectivity index (χ2v) is 33.2. The molecule has 13 bridgehead atoms. The topological polar surface area (TPSA) is 45.9 Å². The van der Waals surface area contributed by atoms with E-state index in [4.69, 9.17) is 13.3 Å². The number of fused-ring (bicyclic) bond motifs is 26. The highest BCUT2D eigenvalue weighted by Crippen LogP contribution is 2.56. The van der Waals surface area contributed by atoms with E-state index in [9.17, 15) is 0 Å². The molecule has 3 aliphatic heterocycles. The number of hydrogen-bond donors (Lipinski definition) is 0. The first kappa shape index (κ1) is 63.8. The first-order valence-corrected chi connectivity index (χ1v) is 37.9. The minimum atomic E-state index is -0.341. The van der Waals surface area contributed by atoms with E-state index in [-0.39, 0.29) is 23.0 Å². The van der Waals surface area contributed by atoms with E-state index < -0.39 is 0 Å². The average Bonchev–Trinajstić information content (AvgIpc) is 0.910. The third-order valence-electron chi connectivity index (χ3n) is 23.4. The fourth-order valence-electron chi connectivity index (χ4n) is 17.7. The monoisotopic (exact) mass is 1390 g/mol. The molecule has 0 radical (unpaired) electrons. The van der Waals surface area contributed by atoms with Gasteiger partial charge in [0.05, 0.1) is 11.4 Å². The van der Waals surface area contributed by atoms with Crippen molar-refractivity contribution in [2.45, 2.75) is 78.6 Å². The molecule has 0 saturated carbocycles. The molecule has 0 spiro atoms. The molecule has 6 heteroatoms. The minimum Gasteiger partial charge on any atom is -0.456 e. The standard InChI is InChI=1S/C102H77BN2O3/c1-100(2,3)72-54-77(60-22-12-10-13-23-60)98-79(56-72)70-28-20-26-62(46-70)64-36-44-95-83(50-64)84-51-65(37-45-96(84)108-95)63-27-21-29-71(47-63)80-57-73(101(4,5)6)55-78(61-24-14-11-15-25-61)99(80)105-88-41-35-69(67-39-43-94-82(49-67)76-31-17-19-33-92(76)107-94)53-86(88)103-85-52-68(66-38-42-93-81(48-66)75-30-16-18-32-91(75)106-93)34-40-87(85)104(98)89-58-74(102(7,8)9)59-90(105)97(89)103/h10-59H,1-9H3. The van der Waals surface area contributed by atoms with Gasteiger partial charge in [-0.05, 0) is 237 Å². The van der Waals surface area contributed by atoms with Crippen LogP contribution in [0.4, 0.5) is 34.1 Å². The smallest absolute Gasteiger partial charge is 0.252 e. The van der Waals surface area contributed by atoms with E-state index in [1.54, 1.807) is 0 Å². The highest BCUT2D eigenvalue weighted by molar-refractivity contribution is 7.00. The van der Waals surface area contributed by atoms with E-state index in [2.05, 4.69) is 375 Å². The molecule has 0 atom stereocenters. The van der Waals surface area contributed by atoms with Crippen LogP contribution in [-0.2, 0) is 16.2 Å². The molecular weight excluding hydrogens is 1310 g/mol. The summed E-state index contributed by atoms with van der Waals surface area (Å²) < 4.78 is 19.9. The summed E-state index contributed by atoms with van der Waals surface area (Å²) in [7, 11) is 0. The summed E-state index contributed by atoms with van der Waals surface area (Å²) in [6.07, 6.45) is 0. The molecule has 0 aliphatic carbocycles. The Hall–Kier alpha value is -12.6. The number of para-hydroxylation sites is 2. The highest BCUT2D eigenvalue weighted by atomic mass is 16.3. The predicted octanol–water partition coefficient (Wildman–Crippen LogP) is 27.0. The Labute approximate surface area is 629 Å². The van der Waals surface area contributed by atoms with Crippen molar-refractivity contribution >= 4 is 123 Å². The lowest BCUT2D eigenvalue weighted by Gasteiger charge is -2.47. The summed E-state index contributed by atoms with van der Waals surface area (Å²) in [5.74, 6) is 0. The Balaban J connectivity index is 0.960. The van der Waals surface area contributed by atoms with Crippen LogP contribution in [0.25, 0.3) is 155 Å². The quantitative estimate of drug-likeness (QED) is 0.164. The van der Waals surface area contributed by atoms with E-state index in [0.717, 1.165) is 189 Å². The lowest BCUT2D eigenvalue weighted by molar-refractivity contribution is 0.590. The van der Waals surface area contributed by atoms with Crippen LogP contribution in [0.2, 0.25) is 0 Å². The zero-order chi connectivity index (χ0) is 72.8. The molecule has 21 rings (SSSR count). The normalized spacial score (nSPS) is 13.2. The van der Waals surface area contributed by atoms with Gasteiger partial charge in [-0.15, -0.1) is 0 Å². The number of benzene rings is 15. The summed E-state index contributed by atoms with van der Waals surface area (Å²) in [6.45, 7) is 21.0. The van der Waals surface area contributed by atoms with Gasteiger partial charge in [0.15, 0.2) is 0 Å². The minimum absolute atomic E-state index is 0.246. The van der Waals surface area contributed by atoms with Crippen LogP contribution in [0.15, 0.2) is 317 Å². The van der Waals surface area contributed by atoms with Crippen molar-refractivity contribution in [3.63, 3.8) is 0 Å². The zero-order valence-corrected chi connectivity index (χ0v) is 62.1. The van der Waals surface area contributed by atoms with Crippen LogP contribution in [0.1, 0.15) is 79.0 Å². The van der Waals surface area contributed by atoms with Gasteiger partial charge in [0, 0.05) is 77.3 Å². The molecule has 0 N–H and O–H groups in total. The maximum Gasteiger partial charge on any atom is 0.252 e. The van der Waals surface area contributed by atoms with Gasteiger partial charge in [-0.25, -0.2) is 0 Å². The molecular formula is C102H77BN2O3. The summed E-state index contributed by atoms with van der Waals surface area (Å²) in [6, 6.07) is 115. The lowest BCUT2D eigenvalue weighted by atomic mass is 9.33. The molecule has 0 amide bonds. The van der Waals surface area contributed by atoms with E-state index in [1.807, 2.05) is 0 Å². The molecule has 108 heavy (non-hydrogen) atoms. The van der Waals surface area contributed by atoms with Crippen LogP contribution in [0.5, 0.6) is 0 Å². The molecule has 5 nitrogen and oxygen atoms in total. The second kappa shape index (κ2) is 23.4. The maximum absolute atomic E-state index is 6.78. The van der Waals surface area contributed by atoms with Gasteiger partial charge >= 0.3 is 0 Å². The Morgan fingerprint density at radius 2 is 0.509 bits per heavy atom. The number of furan rings is 3. The van der Waals surface area contributed by atoms with Crippen molar-refractivity contribution in [3.8, 4) is 89.0 Å². The number of hydrogen-bond acceptors (Lipinski definition) is 5. The summed E-state index contributed by atoms with van der Waals surface area (Å²) in [5, 5.41) is 6.54. The molecule has 3 aliphatic rings. The van der Waals surface area contributed by atoms with E-state index in [0.29, 0.717) is 0 Å². The van der Waals surface area contributed by atoms with Gasteiger partial charge in [0.1, 0.15) is 33.5 Å². The third-order valence-corrected chi connectivity index (χ3v) is 23.4. The SMILES string of the molecule is CC(C)(C)c1cc(-c2ccccc2)c2c(c1)-c1cccc(c1)-c1ccc3oc4ccc(cc4c3c1)-c1cccc(c1)-c1cc(C(C)(C)C)cc(-c3ccccc3)c1N1c3ccc(-c4ccc5oc6ccccc6c5c4)cc3B3c4cc(-c5ccc6oc7ccccc7c6c5)ccc4N2c2cc(C(C)(C)C)cc1c23. The molecule has 0 fully saturated rings. The fraction of sp³-hybridized carbons (Fsp3) is 0.118. The van der Waals surface area contributed by atoms with Gasteiger partial charge in [-0.3, -0.25) is 0 Å². The Bertz CT molecular complexity index is 6430. The molecule has 3 aromatic heterocycles. The highest BCUT2D eigenvalue weighted by Gasteiger charge is 2.47. The Morgan fingerprint density at radius 1 is 0.222 bits per heavy atom. The van der Waals surface area contributed by atoms with Crippen LogP contribution >= 0.6 is 0 Å². The van der Waals surface area contributed by atoms with Crippen molar-refractivity contribution < 1.29 is 13.3 Å². The van der Waals surface area contributed by atoms with Crippen LogP contribution in [0, 0.1) is 0 Å². The number of anilines is 6. The van der Waals surface area contributed by atoms with Crippen molar-refractivity contribution in [1.29, 1.82) is 0 Å². The Morgan fingerprint density at radius 3 is 0.889 bits per heavy atom. The van der Waals surface area contributed by atoms with Gasteiger partial charge in [-0.1, -0.05) is 244 Å².